The average Bonchev–Trinajstić information content (AvgIpc) is 3.09. The van der Waals surface area contributed by atoms with E-state index in [1.54, 1.807) is 42.5 Å². The number of anilines is 1. The lowest BCUT2D eigenvalue weighted by Crippen LogP contribution is -2.40. The summed E-state index contributed by atoms with van der Waals surface area (Å²) in [5.74, 6) is -0.357. The molecular weight excluding hydrogens is 422 g/mol. The van der Waals surface area contributed by atoms with Crippen LogP contribution in [0, 0.1) is 13.8 Å². The number of amides is 1. The molecule has 6 nitrogen and oxygen atoms in total. The van der Waals surface area contributed by atoms with E-state index in [1.807, 2.05) is 26.0 Å². The second-order valence-electron chi connectivity index (χ2n) is 6.98. The SMILES string of the molecule is Cc1ccc(NC(=O)Cn2c(=O)n(-c3cccc(Cl)c3)c(=O)c3cc(C)sc32)cc1. The zero-order valence-corrected chi connectivity index (χ0v) is 17.9. The van der Waals surface area contributed by atoms with E-state index in [4.69, 9.17) is 11.6 Å². The fourth-order valence-corrected chi connectivity index (χ4v) is 4.41. The molecule has 0 unspecified atom stereocenters. The van der Waals surface area contributed by atoms with Gasteiger partial charge in [-0.05, 0) is 50.2 Å². The molecule has 0 aliphatic carbocycles. The van der Waals surface area contributed by atoms with Crippen LogP contribution in [-0.2, 0) is 11.3 Å². The van der Waals surface area contributed by atoms with Gasteiger partial charge in [-0.2, -0.15) is 0 Å². The number of aryl methyl sites for hydroxylation is 2. The summed E-state index contributed by atoms with van der Waals surface area (Å²) in [6, 6.07) is 15.6. The monoisotopic (exact) mass is 439 g/mol. The molecule has 8 heteroatoms. The zero-order valence-electron chi connectivity index (χ0n) is 16.3. The molecule has 0 fully saturated rings. The van der Waals surface area contributed by atoms with E-state index in [0.717, 1.165) is 15.0 Å². The maximum absolute atomic E-state index is 13.3. The van der Waals surface area contributed by atoms with Gasteiger partial charge in [0.15, 0.2) is 0 Å². The van der Waals surface area contributed by atoms with E-state index >= 15 is 0 Å². The number of rotatable bonds is 4. The minimum Gasteiger partial charge on any atom is -0.325 e. The number of thiophene rings is 1. The third-order valence-corrected chi connectivity index (χ3v) is 5.95. The number of nitrogens with zero attached hydrogens (tertiary/aromatic N) is 2. The van der Waals surface area contributed by atoms with Gasteiger partial charge in [0.05, 0.1) is 11.1 Å². The van der Waals surface area contributed by atoms with Gasteiger partial charge in [-0.3, -0.25) is 14.2 Å². The van der Waals surface area contributed by atoms with Gasteiger partial charge < -0.3 is 5.32 Å². The minimum absolute atomic E-state index is 0.218. The van der Waals surface area contributed by atoms with Crippen LogP contribution >= 0.6 is 22.9 Å². The van der Waals surface area contributed by atoms with E-state index in [-0.39, 0.29) is 12.5 Å². The number of benzene rings is 2. The highest BCUT2D eigenvalue weighted by Gasteiger charge is 2.18. The molecule has 0 saturated carbocycles. The summed E-state index contributed by atoms with van der Waals surface area (Å²) in [6.45, 7) is 3.60. The van der Waals surface area contributed by atoms with Crippen LogP contribution in [0.5, 0.6) is 0 Å². The molecule has 1 amide bonds. The second-order valence-corrected chi connectivity index (χ2v) is 8.65. The first kappa shape index (κ1) is 20.1. The van der Waals surface area contributed by atoms with Gasteiger partial charge in [0.1, 0.15) is 11.4 Å². The van der Waals surface area contributed by atoms with Crippen molar-refractivity contribution in [2.45, 2.75) is 20.4 Å². The lowest BCUT2D eigenvalue weighted by atomic mass is 10.2. The number of halogens is 1. The quantitative estimate of drug-likeness (QED) is 0.519. The summed E-state index contributed by atoms with van der Waals surface area (Å²) in [5, 5.41) is 3.59. The van der Waals surface area contributed by atoms with Gasteiger partial charge in [-0.25, -0.2) is 9.36 Å². The molecule has 0 spiro atoms. The molecule has 0 saturated heterocycles. The predicted molar refractivity (Wildman–Crippen MR) is 121 cm³/mol. The van der Waals surface area contributed by atoms with Crippen LogP contribution in [0.1, 0.15) is 10.4 Å². The van der Waals surface area contributed by atoms with Crippen molar-refractivity contribution in [1.29, 1.82) is 0 Å². The molecule has 30 heavy (non-hydrogen) atoms. The topological polar surface area (TPSA) is 73.1 Å². The lowest BCUT2D eigenvalue weighted by molar-refractivity contribution is -0.116. The Morgan fingerprint density at radius 2 is 1.80 bits per heavy atom. The Balaban J connectivity index is 1.82. The van der Waals surface area contributed by atoms with Crippen molar-refractivity contribution in [2.24, 2.45) is 0 Å². The van der Waals surface area contributed by atoms with Crippen molar-refractivity contribution in [3.8, 4) is 5.69 Å². The van der Waals surface area contributed by atoms with Crippen molar-refractivity contribution < 1.29 is 4.79 Å². The Morgan fingerprint density at radius 1 is 1.07 bits per heavy atom. The van der Waals surface area contributed by atoms with E-state index < -0.39 is 11.2 Å². The molecule has 2 aromatic heterocycles. The number of nitrogens with one attached hydrogen (secondary N) is 1. The van der Waals surface area contributed by atoms with E-state index in [9.17, 15) is 14.4 Å². The summed E-state index contributed by atoms with van der Waals surface area (Å²) in [6.07, 6.45) is 0. The molecule has 152 valence electrons. The third kappa shape index (κ3) is 3.81. The molecule has 0 aliphatic rings. The lowest BCUT2D eigenvalue weighted by Gasteiger charge is -2.12. The molecule has 1 N–H and O–H groups in total. The maximum atomic E-state index is 13.3. The molecule has 4 rings (SSSR count). The fraction of sp³-hybridized carbons (Fsp3) is 0.136. The Bertz CT molecular complexity index is 1380. The van der Waals surface area contributed by atoms with Gasteiger partial charge in [0.25, 0.3) is 5.56 Å². The van der Waals surface area contributed by atoms with Gasteiger partial charge >= 0.3 is 5.69 Å². The molecule has 2 aromatic carbocycles. The van der Waals surface area contributed by atoms with Crippen LogP contribution in [0.15, 0.2) is 64.2 Å². The van der Waals surface area contributed by atoms with Crippen molar-refractivity contribution in [3.05, 3.63) is 90.9 Å². The molecule has 4 aromatic rings. The van der Waals surface area contributed by atoms with Gasteiger partial charge in [-0.15, -0.1) is 11.3 Å². The van der Waals surface area contributed by atoms with E-state index in [1.165, 1.54) is 15.9 Å². The van der Waals surface area contributed by atoms with Crippen molar-refractivity contribution in [2.75, 3.05) is 5.32 Å². The highest BCUT2D eigenvalue weighted by atomic mass is 35.5. The van der Waals surface area contributed by atoms with Crippen LogP contribution in [0.4, 0.5) is 5.69 Å². The predicted octanol–water partition coefficient (Wildman–Crippen LogP) is 4.12. The molecule has 0 atom stereocenters. The fourth-order valence-electron chi connectivity index (χ4n) is 3.23. The standard InChI is InChI=1S/C22H18ClN3O3S/c1-13-6-8-16(9-7-13)24-19(27)12-25-21-18(10-14(2)30-21)20(28)26(22(25)29)17-5-3-4-15(23)11-17/h3-11H,12H2,1-2H3,(H,24,27). The van der Waals surface area contributed by atoms with Crippen molar-refractivity contribution in [1.82, 2.24) is 9.13 Å². The smallest absolute Gasteiger partial charge is 0.325 e. The summed E-state index contributed by atoms with van der Waals surface area (Å²) in [7, 11) is 0. The largest absolute Gasteiger partial charge is 0.337 e. The van der Waals surface area contributed by atoms with E-state index in [0.29, 0.717) is 26.6 Å². The van der Waals surface area contributed by atoms with Crippen LogP contribution in [0.3, 0.4) is 0 Å². The summed E-state index contributed by atoms with van der Waals surface area (Å²) in [4.78, 5) is 40.3. The van der Waals surface area contributed by atoms with Crippen LogP contribution in [0.25, 0.3) is 15.9 Å². The van der Waals surface area contributed by atoms with Crippen molar-refractivity contribution in [3.63, 3.8) is 0 Å². The second kappa shape index (κ2) is 7.93. The van der Waals surface area contributed by atoms with Crippen LogP contribution in [0.2, 0.25) is 5.02 Å². The Kier molecular flexibility index (Phi) is 5.32. The number of hydrogen-bond acceptors (Lipinski definition) is 4. The summed E-state index contributed by atoms with van der Waals surface area (Å²) >= 11 is 7.37. The highest BCUT2D eigenvalue weighted by Crippen LogP contribution is 2.22. The Hall–Kier alpha value is -3.16. The number of fused-ring (bicyclic) bond motifs is 1. The summed E-state index contributed by atoms with van der Waals surface area (Å²) in [5.41, 5.74) is 1.05. The number of aromatic nitrogens is 2. The van der Waals surface area contributed by atoms with Gasteiger partial charge in [0.2, 0.25) is 5.91 Å². The molecular formula is C22H18ClN3O3S. The van der Waals surface area contributed by atoms with Crippen LogP contribution < -0.4 is 16.6 Å². The van der Waals surface area contributed by atoms with E-state index in [2.05, 4.69) is 5.32 Å². The van der Waals surface area contributed by atoms with Gasteiger partial charge in [0, 0.05) is 15.6 Å². The first-order valence-electron chi connectivity index (χ1n) is 9.22. The first-order valence-corrected chi connectivity index (χ1v) is 10.4. The maximum Gasteiger partial charge on any atom is 0.337 e. The highest BCUT2D eigenvalue weighted by molar-refractivity contribution is 7.18. The third-order valence-electron chi connectivity index (χ3n) is 4.64. The normalized spacial score (nSPS) is 11.0. The molecule has 2 heterocycles. The van der Waals surface area contributed by atoms with Crippen molar-refractivity contribution >= 4 is 44.7 Å². The Morgan fingerprint density at radius 3 is 2.50 bits per heavy atom. The molecule has 0 radical (unpaired) electrons. The number of carbonyl (C=O) groups excluding carboxylic acids is 1. The Labute approximate surface area is 181 Å². The van der Waals surface area contributed by atoms with Crippen LogP contribution in [-0.4, -0.2) is 15.0 Å². The number of carbonyl (C=O) groups is 1. The first-order chi connectivity index (χ1) is 14.3. The molecule has 0 bridgehead atoms. The van der Waals surface area contributed by atoms with Gasteiger partial charge in [-0.1, -0.05) is 35.4 Å². The summed E-state index contributed by atoms with van der Waals surface area (Å²) < 4.78 is 2.39. The number of hydrogen-bond donors (Lipinski definition) is 1. The minimum atomic E-state index is -0.587. The molecule has 0 aliphatic heterocycles. The zero-order chi connectivity index (χ0) is 21.4. The average molecular weight is 440 g/mol.